The second kappa shape index (κ2) is 8.41. The summed E-state index contributed by atoms with van der Waals surface area (Å²) in [6.07, 6.45) is 8.10. The number of urea groups is 1. The van der Waals surface area contributed by atoms with E-state index in [1.807, 2.05) is 37.3 Å². The van der Waals surface area contributed by atoms with E-state index < -0.39 is 0 Å². The maximum Gasteiger partial charge on any atom is 0.315 e. The topological polar surface area (TPSA) is 84.7 Å². The number of nitrogens with one attached hydrogen (secondary N) is 2. The third-order valence-electron chi connectivity index (χ3n) is 4.35. The van der Waals surface area contributed by atoms with Crippen LogP contribution in [0.2, 0.25) is 0 Å². The highest BCUT2D eigenvalue weighted by Gasteiger charge is 2.17. The molecule has 7 nitrogen and oxygen atoms in total. The van der Waals surface area contributed by atoms with Crippen molar-refractivity contribution in [3.63, 3.8) is 0 Å². The lowest BCUT2D eigenvalue weighted by atomic mass is 9.97. The molecule has 0 radical (unpaired) electrons. The van der Waals surface area contributed by atoms with Gasteiger partial charge < -0.3 is 10.6 Å². The summed E-state index contributed by atoms with van der Waals surface area (Å²) in [6, 6.07) is 9.12. The van der Waals surface area contributed by atoms with E-state index in [1.54, 1.807) is 4.68 Å². The molecule has 0 saturated heterocycles. The fourth-order valence-electron chi connectivity index (χ4n) is 3.00. The molecule has 0 saturated carbocycles. The van der Waals surface area contributed by atoms with Crippen LogP contribution >= 0.6 is 0 Å². The van der Waals surface area contributed by atoms with Crippen LogP contribution in [0.4, 0.5) is 4.79 Å². The lowest BCUT2D eigenvalue weighted by Crippen LogP contribution is -2.38. The Balaban J connectivity index is 1.52. The molecule has 3 rings (SSSR count). The minimum Gasteiger partial charge on any atom is -0.338 e. The van der Waals surface area contributed by atoms with Crippen molar-refractivity contribution in [3.8, 4) is 5.69 Å². The second-order valence-corrected chi connectivity index (χ2v) is 6.26. The molecular weight excluding hydrogens is 316 g/mol. The summed E-state index contributed by atoms with van der Waals surface area (Å²) in [5, 5.41) is 17.6. The monoisotopic (exact) mass is 340 g/mol. The zero-order valence-electron chi connectivity index (χ0n) is 14.5. The molecule has 1 atom stereocenters. The van der Waals surface area contributed by atoms with Crippen molar-refractivity contribution in [1.29, 1.82) is 0 Å². The van der Waals surface area contributed by atoms with Gasteiger partial charge in [-0.15, -0.1) is 5.10 Å². The van der Waals surface area contributed by atoms with Gasteiger partial charge in [0.1, 0.15) is 0 Å². The highest BCUT2D eigenvalue weighted by molar-refractivity contribution is 5.74. The number of allylic oxidation sites excluding steroid dienone is 1. The Hall–Kier alpha value is -2.70. The van der Waals surface area contributed by atoms with Crippen molar-refractivity contribution in [3.05, 3.63) is 47.8 Å². The van der Waals surface area contributed by atoms with Crippen LogP contribution in [0.15, 0.2) is 42.0 Å². The first-order valence-electron chi connectivity index (χ1n) is 8.80. The van der Waals surface area contributed by atoms with Gasteiger partial charge in [0, 0.05) is 6.54 Å². The van der Waals surface area contributed by atoms with Gasteiger partial charge in [-0.05, 0) is 61.6 Å². The Bertz CT molecular complexity index is 724. The Morgan fingerprint density at radius 2 is 2.12 bits per heavy atom. The molecule has 0 aliphatic heterocycles. The van der Waals surface area contributed by atoms with Gasteiger partial charge in [-0.3, -0.25) is 0 Å². The molecule has 1 unspecified atom stereocenters. The number of rotatable bonds is 6. The highest BCUT2D eigenvalue weighted by atomic mass is 16.2. The maximum atomic E-state index is 12.1. The van der Waals surface area contributed by atoms with Crippen molar-refractivity contribution < 1.29 is 4.79 Å². The van der Waals surface area contributed by atoms with Crippen LogP contribution in [-0.4, -0.2) is 32.8 Å². The Kier molecular flexibility index (Phi) is 5.77. The molecule has 2 aromatic rings. The molecule has 2 amide bonds. The summed E-state index contributed by atoms with van der Waals surface area (Å²) < 4.78 is 1.64. The first kappa shape index (κ1) is 17.1. The Labute approximate surface area is 147 Å². The number of hydrogen-bond acceptors (Lipinski definition) is 4. The molecule has 0 spiro atoms. The van der Waals surface area contributed by atoms with Crippen LogP contribution in [0, 0.1) is 0 Å². The predicted octanol–water partition coefficient (Wildman–Crippen LogP) is 2.91. The van der Waals surface area contributed by atoms with E-state index in [0.717, 1.165) is 18.5 Å². The van der Waals surface area contributed by atoms with Crippen molar-refractivity contribution in [1.82, 2.24) is 30.8 Å². The molecule has 1 aliphatic rings. The fraction of sp³-hybridized carbons (Fsp3) is 0.444. The Morgan fingerprint density at radius 3 is 2.88 bits per heavy atom. The predicted molar refractivity (Wildman–Crippen MR) is 95.3 cm³/mol. The number of carbonyl (C=O) groups is 1. The summed E-state index contributed by atoms with van der Waals surface area (Å²) in [5.74, 6) is 0.594. The summed E-state index contributed by atoms with van der Waals surface area (Å²) in [7, 11) is 0. The SMILES string of the molecule is CC(NC(=O)NCCC1=CCCCC1)c1nnnn1-c1ccccc1. The maximum absolute atomic E-state index is 12.1. The molecule has 2 N–H and O–H groups in total. The van der Waals surface area contributed by atoms with E-state index in [1.165, 1.54) is 24.8 Å². The molecule has 132 valence electrons. The van der Waals surface area contributed by atoms with E-state index >= 15 is 0 Å². The van der Waals surface area contributed by atoms with Crippen molar-refractivity contribution >= 4 is 6.03 Å². The normalized spacial score (nSPS) is 15.3. The summed E-state index contributed by atoms with van der Waals surface area (Å²) in [4.78, 5) is 12.1. The number of nitrogens with zero attached hydrogens (tertiary/aromatic N) is 4. The van der Waals surface area contributed by atoms with Crippen LogP contribution in [-0.2, 0) is 0 Å². The van der Waals surface area contributed by atoms with Gasteiger partial charge in [0.05, 0.1) is 11.7 Å². The van der Waals surface area contributed by atoms with Gasteiger partial charge >= 0.3 is 6.03 Å². The summed E-state index contributed by atoms with van der Waals surface area (Å²) in [6.45, 7) is 2.52. The van der Waals surface area contributed by atoms with Gasteiger partial charge in [-0.25, -0.2) is 4.79 Å². The molecular formula is C18H24N6O. The number of carbonyl (C=O) groups excluding carboxylic acids is 1. The van der Waals surface area contributed by atoms with Crippen LogP contribution in [0.1, 0.15) is 50.9 Å². The Morgan fingerprint density at radius 1 is 1.28 bits per heavy atom. The molecule has 7 heteroatoms. The zero-order valence-corrected chi connectivity index (χ0v) is 14.5. The average molecular weight is 340 g/mol. The molecule has 1 heterocycles. The van der Waals surface area contributed by atoms with E-state index in [0.29, 0.717) is 12.4 Å². The minimum atomic E-state index is -0.302. The molecule has 25 heavy (non-hydrogen) atoms. The fourth-order valence-corrected chi connectivity index (χ4v) is 3.00. The lowest BCUT2D eigenvalue weighted by molar-refractivity contribution is 0.237. The van der Waals surface area contributed by atoms with Crippen LogP contribution in [0.25, 0.3) is 5.69 Å². The third-order valence-corrected chi connectivity index (χ3v) is 4.35. The van der Waals surface area contributed by atoms with Gasteiger partial charge in [0.15, 0.2) is 5.82 Å². The molecule has 1 aromatic heterocycles. The van der Waals surface area contributed by atoms with Crippen LogP contribution in [0.3, 0.4) is 0 Å². The number of para-hydroxylation sites is 1. The number of tetrazole rings is 1. The van der Waals surface area contributed by atoms with E-state index in [-0.39, 0.29) is 12.1 Å². The van der Waals surface area contributed by atoms with Crippen LogP contribution in [0.5, 0.6) is 0 Å². The number of benzene rings is 1. The number of amides is 2. The summed E-state index contributed by atoms with van der Waals surface area (Å²) in [5.41, 5.74) is 2.31. The van der Waals surface area contributed by atoms with Gasteiger partial charge in [0.2, 0.25) is 0 Å². The highest BCUT2D eigenvalue weighted by Crippen LogP contribution is 2.19. The lowest BCUT2D eigenvalue weighted by Gasteiger charge is -2.16. The quantitative estimate of drug-likeness (QED) is 0.792. The molecule has 1 aliphatic carbocycles. The van der Waals surface area contributed by atoms with Crippen LogP contribution < -0.4 is 10.6 Å². The second-order valence-electron chi connectivity index (χ2n) is 6.26. The minimum absolute atomic E-state index is 0.202. The standard InChI is InChI=1S/C18H24N6O/c1-14(17-21-22-23-24(17)16-10-6-3-7-11-16)20-18(25)19-13-12-15-8-4-2-5-9-15/h3,6-8,10-11,14H,2,4-5,9,12-13H2,1H3,(H2,19,20,25). The molecule has 0 fully saturated rings. The largest absolute Gasteiger partial charge is 0.338 e. The number of hydrogen-bond donors (Lipinski definition) is 2. The van der Waals surface area contributed by atoms with Crippen molar-refractivity contribution in [2.45, 2.75) is 45.1 Å². The van der Waals surface area contributed by atoms with E-state index in [4.69, 9.17) is 0 Å². The number of aromatic nitrogens is 4. The van der Waals surface area contributed by atoms with Crippen molar-refractivity contribution in [2.75, 3.05) is 6.54 Å². The molecule has 0 bridgehead atoms. The third kappa shape index (κ3) is 4.65. The molecule has 1 aromatic carbocycles. The van der Waals surface area contributed by atoms with E-state index in [9.17, 15) is 4.79 Å². The van der Waals surface area contributed by atoms with E-state index in [2.05, 4.69) is 32.2 Å². The summed E-state index contributed by atoms with van der Waals surface area (Å²) >= 11 is 0. The first-order valence-corrected chi connectivity index (χ1v) is 8.80. The van der Waals surface area contributed by atoms with Crippen molar-refractivity contribution in [2.24, 2.45) is 0 Å². The average Bonchev–Trinajstić information content (AvgIpc) is 3.13. The first-order chi connectivity index (χ1) is 12.2. The smallest absolute Gasteiger partial charge is 0.315 e. The van der Waals surface area contributed by atoms with Gasteiger partial charge in [-0.2, -0.15) is 4.68 Å². The zero-order chi connectivity index (χ0) is 17.5. The van der Waals surface area contributed by atoms with Gasteiger partial charge in [-0.1, -0.05) is 29.8 Å². The van der Waals surface area contributed by atoms with Gasteiger partial charge in [0.25, 0.3) is 0 Å².